The smallest absolute Gasteiger partial charge is 0.283 e. The van der Waals surface area contributed by atoms with Crippen LogP contribution in [0.25, 0.3) is 23.1 Å². The number of furan rings is 1. The van der Waals surface area contributed by atoms with E-state index in [0.717, 1.165) is 11.3 Å². The highest BCUT2D eigenvalue weighted by Crippen LogP contribution is 2.37. The van der Waals surface area contributed by atoms with E-state index in [-0.39, 0.29) is 17.1 Å². The van der Waals surface area contributed by atoms with Gasteiger partial charge in [0.15, 0.2) is 5.17 Å². The van der Waals surface area contributed by atoms with Crippen molar-refractivity contribution in [2.75, 3.05) is 0 Å². The van der Waals surface area contributed by atoms with Crippen molar-refractivity contribution in [3.8, 4) is 11.3 Å². The first-order chi connectivity index (χ1) is 15.9. The molecule has 1 amide bonds. The van der Waals surface area contributed by atoms with E-state index in [2.05, 4.69) is 4.99 Å². The van der Waals surface area contributed by atoms with Crippen molar-refractivity contribution in [2.45, 2.75) is 6.92 Å². The molecule has 0 saturated carbocycles. The monoisotopic (exact) mass is 456 g/mol. The highest BCUT2D eigenvalue weighted by molar-refractivity contribution is 8.17. The highest BCUT2D eigenvalue weighted by Gasteiger charge is 2.36. The van der Waals surface area contributed by atoms with Gasteiger partial charge in [0.25, 0.3) is 11.6 Å². The van der Waals surface area contributed by atoms with Gasteiger partial charge in [-0.3, -0.25) is 25.2 Å². The molecule has 0 saturated heterocycles. The zero-order valence-electron chi connectivity index (χ0n) is 17.3. The Labute approximate surface area is 192 Å². The molecule has 2 aromatic carbocycles. The Morgan fingerprint density at radius 1 is 1.15 bits per heavy atom. The predicted octanol–water partition coefficient (Wildman–Crippen LogP) is 5.47. The van der Waals surface area contributed by atoms with Crippen LogP contribution in [-0.4, -0.2) is 26.7 Å². The van der Waals surface area contributed by atoms with E-state index in [0.29, 0.717) is 27.8 Å². The van der Waals surface area contributed by atoms with Crippen LogP contribution in [0, 0.1) is 22.4 Å². The average Bonchev–Trinajstić information content (AvgIpc) is 3.44. The van der Waals surface area contributed by atoms with Gasteiger partial charge < -0.3 is 4.42 Å². The standard InChI is InChI=1S/C24H16N4O4S/c1-14-11-16(28(30)31)7-9-18(14)21-10-8-17(32-21)12-19-22(25)27-20(15-5-3-2-4-6-15)13-33-24(27)26-23(19)29/h2-13,25H,1H3/b19-12+,25-22?. The quantitative estimate of drug-likeness (QED) is 0.317. The number of amidine groups is 2. The van der Waals surface area contributed by atoms with Gasteiger partial charge in [0.2, 0.25) is 0 Å². The van der Waals surface area contributed by atoms with Crippen LogP contribution >= 0.6 is 11.8 Å². The Bertz CT molecular complexity index is 1420. The molecule has 1 N–H and O–H groups in total. The molecule has 2 aliphatic rings. The number of hydrogen-bond acceptors (Lipinski definition) is 6. The van der Waals surface area contributed by atoms with Crippen molar-refractivity contribution in [1.82, 2.24) is 4.90 Å². The number of nitrogens with zero attached hydrogens (tertiary/aromatic N) is 3. The van der Waals surface area contributed by atoms with Crippen LogP contribution in [0.5, 0.6) is 0 Å². The minimum atomic E-state index is -0.508. The summed E-state index contributed by atoms with van der Waals surface area (Å²) in [5.74, 6) is 0.405. The number of thioether (sulfide) groups is 1. The molecule has 0 spiro atoms. The fourth-order valence-corrected chi connectivity index (χ4v) is 4.56. The molecule has 0 atom stereocenters. The zero-order chi connectivity index (χ0) is 23.1. The number of hydrogen-bond donors (Lipinski definition) is 1. The van der Waals surface area contributed by atoms with E-state index in [4.69, 9.17) is 9.83 Å². The van der Waals surface area contributed by atoms with Gasteiger partial charge in [-0.15, -0.1) is 0 Å². The predicted molar refractivity (Wildman–Crippen MR) is 128 cm³/mol. The van der Waals surface area contributed by atoms with Gasteiger partial charge in [0, 0.05) is 23.1 Å². The second-order valence-electron chi connectivity index (χ2n) is 7.39. The van der Waals surface area contributed by atoms with Crippen molar-refractivity contribution in [3.63, 3.8) is 0 Å². The summed E-state index contributed by atoms with van der Waals surface area (Å²) in [5, 5.41) is 22.0. The molecule has 3 heterocycles. The van der Waals surface area contributed by atoms with Gasteiger partial charge in [-0.05, 0) is 42.3 Å². The van der Waals surface area contributed by atoms with Crippen LogP contribution < -0.4 is 0 Å². The Morgan fingerprint density at radius 2 is 1.94 bits per heavy atom. The van der Waals surface area contributed by atoms with Crippen LogP contribution in [0.1, 0.15) is 16.9 Å². The Balaban J connectivity index is 1.47. The van der Waals surface area contributed by atoms with Crippen LogP contribution in [-0.2, 0) is 4.79 Å². The van der Waals surface area contributed by atoms with Crippen LogP contribution in [0.2, 0.25) is 0 Å². The molecule has 0 aliphatic carbocycles. The fraction of sp³-hybridized carbons (Fsp3) is 0.0417. The number of rotatable bonds is 4. The highest BCUT2D eigenvalue weighted by atomic mass is 32.2. The van der Waals surface area contributed by atoms with Crippen LogP contribution in [0.3, 0.4) is 0 Å². The second-order valence-corrected chi connectivity index (χ2v) is 8.22. The molecule has 0 fully saturated rings. The summed E-state index contributed by atoms with van der Waals surface area (Å²) in [4.78, 5) is 29.0. The maximum Gasteiger partial charge on any atom is 0.283 e. The number of carbonyl (C=O) groups excluding carboxylic acids is 1. The lowest BCUT2D eigenvalue weighted by atomic mass is 10.1. The number of nitro benzene ring substituents is 1. The normalized spacial score (nSPS) is 16.6. The van der Waals surface area contributed by atoms with Crippen LogP contribution in [0.4, 0.5) is 5.69 Å². The summed E-state index contributed by atoms with van der Waals surface area (Å²) in [7, 11) is 0. The third-order valence-electron chi connectivity index (χ3n) is 5.28. The first-order valence-corrected chi connectivity index (χ1v) is 10.8. The Morgan fingerprint density at radius 3 is 2.67 bits per heavy atom. The lowest BCUT2D eigenvalue weighted by Crippen LogP contribution is -2.37. The average molecular weight is 456 g/mol. The number of nitro groups is 1. The van der Waals surface area contributed by atoms with Crippen molar-refractivity contribution in [1.29, 1.82) is 5.41 Å². The van der Waals surface area contributed by atoms with E-state index in [1.165, 1.54) is 30.0 Å². The van der Waals surface area contributed by atoms with Gasteiger partial charge >= 0.3 is 0 Å². The number of nitrogens with one attached hydrogen (secondary N) is 1. The molecular weight excluding hydrogens is 440 g/mol. The second kappa shape index (κ2) is 8.03. The number of benzene rings is 2. The maximum absolute atomic E-state index is 12.7. The first kappa shape index (κ1) is 20.7. The Hall–Kier alpha value is -4.24. The molecule has 3 aromatic rings. The molecule has 162 valence electrons. The molecular formula is C24H16N4O4S. The van der Waals surface area contributed by atoms with E-state index in [1.807, 2.05) is 35.7 Å². The van der Waals surface area contributed by atoms with Crippen molar-refractivity contribution in [2.24, 2.45) is 4.99 Å². The summed E-state index contributed by atoms with van der Waals surface area (Å²) >= 11 is 1.30. The van der Waals surface area contributed by atoms with Gasteiger partial charge in [0.05, 0.1) is 16.2 Å². The number of aryl methyl sites for hydroxylation is 1. The van der Waals surface area contributed by atoms with E-state index in [9.17, 15) is 14.9 Å². The van der Waals surface area contributed by atoms with Gasteiger partial charge in [-0.25, -0.2) is 0 Å². The summed E-state index contributed by atoms with van der Waals surface area (Å²) in [6, 6.07) is 17.6. The number of fused-ring (bicyclic) bond motifs is 1. The van der Waals surface area contributed by atoms with Gasteiger partial charge in [-0.2, -0.15) is 4.99 Å². The lowest BCUT2D eigenvalue weighted by Gasteiger charge is -2.26. The number of non-ortho nitro benzene ring substituents is 1. The zero-order valence-corrected chi connectivity index (χ0v) is 18.1. The summed E-state index contributed by atoms with van der Waals surface area (Å²) in [6.45, 7) is 1.77. The number of carbonyl (C=O) groups is 1. The molecule has 2 aliphatic heterocycles. The van der Waals surface area contributed by atoms with Gasteiger partial charge in [0.1, 0.15) is 17.4 Å². The van der Waals surface area contributed by atoms with E-state index < -0.39 is 10.8 Å². The summed E-state index contributed by atoms with van der Waals surface area (Å²) in [6.07, 6.45) is 1.50. The summed E-state index contributed by atoms with van der Waals surface area (Å²) < 4.78 is 5.89. The maximum atomic E-state index is 12.7. The third-order valence-corrected chi connectivity index (χ3v) is 6.11. The lowest BCUT2D eigenvalue weighted by molar-refractivity contribution is -0.384. The molecule has 9 heteroatoms. The van der Waals surface area contributed by atoms with Crippen molar-refractivity contribution in [3.05, 3.63) is 98.6 Å². The number of amides is 1. The molecule has 0 bridgehead atoms. The molecule has 8 nitrogen and oxygen atoms in total. The van der Waals surface area contributed by atoms with Crippen molar-refractivity contribution >= 4 is 46.1 Å². The number of aliphatic imine (C=N–C) groups is 1. The molecule has 0 radical (unpaired) electrons. The van der Waals surface area contributed by atoms with Crippen LogP contribution in [0.15, 0.2) is 81.1 Å². The first-order valence-electron chi connectivity index (χ1n) is 9.93. The van der Waals surface area contributed by atoms with E-state index in [1.54, 1.807) is 30.0 Å². The molecule has 5 rings (SSSR count). The molecule has 33 heavy (non-hydrogen) atoms. The van der Waals surface area contributed by atoms with Gasteiger partial charge in [-0.1, -0.05) is 42.1 Å². The minimum Gasteiger partial charge on any atom is -0.457 e. The molecule has 0 unspecified atom stereocenters. The topological polar surface area (TPSA) is 113 Å². The largest absolute Gasteiger partial charge is 0.457 e. The fourth-order valence-electron chi connectivity index (χ4n) is 3.67. The van der Waals surface area contributed by atoms with Crippen molar-refractivity contribution < 1.29 is 14.1 Å². The molecule has 1 aromatic heterocycles. The summed E-state index contributed by atoms with van der Waals surface area (Å²) in [5.41, 5.74) is 3.23. The Kier molecular flexibility index (Phi) is 5.02. The van der Waals surface area contributed by atoms with E-state index >= 15 is 0 Å². The SMILES string of the molecule is Cc1cc([N+](=O)[O-])ccc1-c1ccc(/C=C2\C(=N)N3C(c4ccccc4)=CSC3=NC2=O)o1. The third kappa shape index (κ3) is 3.68. The minimum absolute atomic E-state index is 0.00539.